The standard InChI is InChI=1S/C20H27N5O/c1-14-20(25(3)23-21-14)19-17(13-24(2)22-19)18(15-7-5-4-6-8-15)16-9-11-26-12-10-16/h4-8,16-18H,9-13H2,1-3H3. The van der Waals surface area contributed by atoms with Crippen molar-refractivity contribution >= 4 is 5.71 Å². The van der Waals surface area contributed by atoms with Crippen LogP contribution >= 0.6 is 0 Å². The van der Waals surface area contributed by atoms with Gasteiger partial charge in [-0.3, -0.25) is 5.01 Å². The third kappa shape index (κ3) is 3.14. The number of benzene rings is 1. The minimum absolute atomic E-state index is 0.335. The van der Waals surface area contributed by atoms with Crippen LogP contribution in [-0.4, -0.2) is 52.5 Å². The molecular formula is C20H27N5O. The lowest BCUT2D eigenvalue weighted by molar-refractivity contribution is 0.0531. The first kappa shape index (κ1) is 17.2. The Labute approximate surface area is 154 Å². The molecule has 2 unspecified atom stereocenters. The number of hydrogen-bond donors (Lipinski definition) is 0. The van der Waals surface area contributed by atoms with Gasteiger partial charge in [0, 0.05) is 39.8 Å². The third-order valence-electron chi connectivity index (χ3n) is 5.72. The molecule has 1 fully saturated rings. The lowest BCUT2D eigenvalue weighted by atomic mass is 9.71. The fourth-order valence-corrected chi connectivity index (χ4v) is 4.57. The predicted molar refractivity (Wildman–Crippen MR) is 101 cm³/mol. The zero-order chi connectivity index (χ0) is 18.1. The summed E-state index contributed by atoms with van der Waals surface area (Å²) in [5, 5.41) is 15.4. The van der Waals surface area contributed by atoms with E-state index in [9.17, 15) is 0 Å². The minimum Gasteiger partial charge on any atom is -0.381 e. The molecule has 138 valence electrons. The molecule has 26 heavy (non-hydrogen) atoms. The van der Waals surface area contributed by atoms with Crippen LogP contribution in [0.15, 0.2) is 35.4 Å². The fourth-order valence-electron chi connectivity index (χ4n) is 4.57. The highest BCUT2D eigenvalue weighted by atomic mass is 16.5. The summed E-state index contributed by atoms with van der Waals surface area (Å²) >= 11 is 0. The predicted octanol–water partition coefficient (Wildman–Crippen LogP) is 2.60. The van der Waals surface area contributed by atoms with E-state index in [-0.39, 0.29) is 0 Å². The summed E-state index contributed by atoms with van der Waals surface area (Å²) in [5.41, 5.74) is 4.54. The SMILES string of the molecule is Cc1nnn(C)c1C1=NN(C)CC1C(c1ccccc1)C1CCOCC1. The molecule has 4 rings (SSSR count). The lowest BCUT2D eigenvalue weighted by Gasteiger charge is -2.35. The number of aryl methyl sites for hydroxylation is 2. The van der Waals surface area contributed by atoms with Crippen molar-refractivity contribution in [1.29, 1.82) is 0 Å². The zero-order valence-electron chi connectivity index (χ0n) is 15.8. The highest BCUT2D eigenvalue weighted by Gasteiger charge is 2.40. The van der Waals surface area contributed by atoms with Crippen LogP contribution in [0.3, 0.4) is 0 Å². The number of aromatic nitrogens is 3. The molecule has 0 saturated carbocycles. The highest BCUT2D eigenvalue weighted by Crippen LogP contribution is 2.41. The molecule has 0 amide bonds. The second-order valence-electron chi connectivity index (χ2n) is 7.47. The normalized spacial score (nSPS) is 22.5. The van der Waals surface area contributed by atoms with Gasteiger partial charge in [-0.1, -0.05) is 35.5 Å². The minimum atomic E-state index is 0.335. The third-order valence-corrected chi connectivity index (χ3v) is 5.72. The van der Waals surface area contributed by atoms with E-state index in [2.05, 4.69) is 52.7 Å². The number of ether oxygens (including phenoxy) is 1. The van der Waals surface area contributed by atoms with Crippen LogP contribution in [0.25, 0.3) is 0 Å². The van der Waals surface area contributed by atoms with Crippen molar-refractivity contribution < 1.29 is 4.74 Å². The lowest BCUT2D eigenvalue weighted by Crippen LogP contribution is -2.33. The summed E-state index contributed by atoms with van der Waals surface area (Å²) in [7, 11) is 4.02. The molecule has 2 aliphatic heterocycles. The molecule has 0 bridgehead atoms. The molecule has 0 aliphatic carbocycles. The maximum absolute atomic E-state index is 5.64. The quantitative estimate of drug-likeness (QED) is 0.848. The van der Waals surface area contributed by atoms with E-state index < -0.39 is 0 Å². The van der Waals surface area contributed by atoms with Crippen LogP contribution < -0.4 is 0 Å². The van der Waals surface area contributed by atoms with Gasteiger partial charge >= 0.3 is 0 Å². The number of rotatable bonds is 4. The zero-order valence-corrected chi connectivity index (χ0v) is 15.8. The molecule has 0 spiro atoms. The maximum atomic E-state index is 5.64. The summed E-state index contributed by atoms with van der Waals surface area (Å²) < 4.78 is 7.51. The van der Waals surface area contributed by atoms with Crippen molar-refractivity contribution in [2.24, 2.45) is 24.0 Å². The molecule has 0 radical (unpaired) electrons. The van der Waals surface area contributed by atoms with E-state index in [1.807, 2.05) is 18.7 Å². The molecule has 3 heterocycles. The summed E-state index contributed by atoms with van der Waals surface area (Å²) in [5.74, 6) is 1.37. The topological polar surface area (TPSA) is 55.5 Å². The first-order valence-electron chi connectivity index (χ1n) is 9.44. The van der Waals surface area contributed by atoms with E-state index in [0.717, 1.165) is 49.7 Å². The van der Waals surface area contributed by atoms with Gasteiger partial charge in [0.25, 0.3) is 0 Å². The summed E-state index contributed by atoms with van der Waals surface area (Å²) in [4.78, 5) is 0. The Balaban J connectivity index is 1.76. The van der Waals surface area contributed by atoms with E-state index in [1.54, 1.807) is 0 Å². The smallest absolute Gasteiger partial charge is 0.108 e. The van der Waals surface area contributed by atoms with Gasteiger partial charge in [-0.15, -0.1) is 5.10 Å². The number of hydrogen-bond acceptors (Lipinski definition) is 5. The molecule has 0 N–H and O–H groups in total. The van der Waals surface area contributed by atoms with E-state index in [0.29, 0.717) is 17.8 Å². The second kappa shape index (κ2) is 7.19. The van der Waals surface area contributed by atoms with Gasteiger partial charge in [0.2, 0.25) is 0 Å². The van der Waals surface area contributed by atoms with E-state index in [4.69, 9.17) is 9.84 Å². The molecule has 6 heteroatoms. The van der Waals surface area contributed by atoms with Crippen molar-refractivity contribution in [3.8, 4) is 0 Å². The molecule has 2 aliphatic rings. The van der Waals surface area contributed by atoms with Crippen LogP contribution in [0.4, 0.5) is 0 Å². The van der Waals surface area contributed by atoms with Gasteiger partial charge in [0.05, 0.1) is 11.4 Å². The first-order valence-corrected chi connectivity index (χ1v) is 9.44. The average Bonchev–Trinajstić information content (AvgIpc) is 3.19. The summed E-state index contributed by atoms with van der Waals surface area (Å²) in [6.45, 7) is 4.66. The number of nitrogens with zero attached hydrogens (tertiary/aromatic N) is 5. The van der Waals surface area contributed by atoms with Gasteiger partial charge < -0.3 is 4.74 Å². The van der Waals surface area contributed by atoms with Crippen LogP contribution in [0, 0.1) is 18.8 Å². The molecule has 6 nitrogen and oxygen atoms in total. The van der Waals surface area contributed by atoms with Crippen LogP contribution in [0.5, 0.6) is 0 Å². The van der Waals surface area contributed by atoms with Crippen LogP contribution in [-0.2, 0) is 11.8 Å². The monoisotopic (exact) mass is 353 g/mol. The van der Waals surface area contributed by atoms with Gasteiger partial charge in [0.1, 0.15) is 5.69 Å². The Morgan fingerprint density at radius 2 is 1.85 bits per heavy atom. The largest absolute Gasteiger partial charge is 0.381 e. The van der Waals surface area contributed by atoms with E-state index >= 15 is 0 Å². The molecule has 1 saturated heterocycles. The van der Waals surface area contributed by atoms with Crippen molar-refractivity contribution in [2.75, 3.05) is 26.8 Å². The second-order valence-corrected chi connectivity index (χ2v) is 7.47. The Hall–Kier alpha value is -2.21. The van der Waals surface area contributed by atoms with Crippen molar-refractivity contribution in [2.45, 2.75) is 25.7 Å². The number of hydrazone groups is 1. The van der Waals surface area contributed by atoms with Crippen LogP contribution in [0.2, 0.25) is 0 Å². The molecule has 1 aromatic heterocycles. The van der Waals surface area contributed by atoms with Gasteiger partial charge in [-0.25, -0.2) is 4.68 Å². The van der Waals surface area contributed by atoms with Crippen molar-refractivity contribution in [1.82, 2.24) is 20.0 Å². The Morgan fingerprint density at radius 3 is 2.50 bits per heavy atom. The average molecular weight is 353 g/mol. The Morgan fingerprint density at radius 1 is 1.12 bits per heavy atom. The molecular weight excluding hydrogens is 326 g/mol. The van der Waals surface area contributed by atoms with Gasteiger partial charge in [-0.2, -0.15) is 5.10 Å². The van der Waals surface area contributed by atoms with Crippen molar-refractivity contribution in [3.63, 3.8) is 0 Å². The highest BCUT2D eigenvalue weighted by molar-refractivity contribution is 6.03. The van der Waals surface area contributed by atoms with Crippen molar-refractivity contribution in [3.05, 3.63) is 47.3 Å². The van der Waals surface area contributed by atoms with Gasteiger partial charge in [0.15, 0.2) is 0 Å². The van der Waals surface area contributed by atoms with Crippen LogP contribution in [0.1, 0.15) is 35.7 Å². The Kier molecular flexibility index (Phi) is 4.76. The van der Waals surface area contributed by atoms with E-state index in [1.165, 1.54) is 5.56 Å². The fraction of sp³-hybridized carbons (Fsp3) is 0.550. The maximum Gasteiger partial charge on any atom is 0.108 e. The summed E-state index contributed by atoms with van der Waals surface area (Å²) in [6, 6.07) is 10.9. The summed E-state index contributed by atoms with van der Waals surface area (Å²) in [6.07, 6.45) is 2.21. The molecule has 2 atom stereocenters. The molecule has 1 aromatic carbocycles. The first-order chi connectivity index (χ1) is 12.6. The van der Waals surface area contributed by atoms with Gasteiger partial charge in [-0.05, 0) is 37.2 Å². The molecule has 2 aromatic rings. The Bertz CT molecular complexity index is 759.